The molecule has 0 unspecified atom stereocenters. The van der Waals surface area contributed by atoms with E-state index >= 15 is 0 Å². The van der Waals surface area contributed by atoms with E-state index in [1.54, 1.807) is 0 Å². The Kier molecular flexibility index (Phi) is 2.96. The van der Waals surface area contributed by atoms with Gasteiger partial charge in [0, 0.05) is 25.7 Å². The molecule has 0 aromatic heterocycles. The van der Waals surface area contributed by atoms with Gasteiger partial charge in [0.15, 0.2) is 5.79 Å². The van der Waals surface area contributed by atoms with Crippen LogP contribution in [0.2, 0.25) is 19.6 Å². The summed E-state index contributed by atoms with van der Waals surface area (Å²) < 4.78 is 11.3. The van der Waals surface area contributed by atoms with Gasteiger partial charge in [-0.1, -0.05) is 19.6 Å². The normalized spacial score (nSPS) is 21.0. The first-order chi connectivity index (χ1) is 5.47. The molecule has 0 aliphatic heterocycles. The highest BCUT2D eigenvalue weighted by atomic mass is 28.3. The van der Waals surface area contributed by atoms with E-state index < -0.39 is 8.07 Å². The van der Waals surface area contributed by atoms with Crippen molar-refractivity contribution >= 4 is 8.07 Å². The minimum absolute atomic E-state index is 0.158. The monoisotopic (exact) mass is 188 g/mol. The molecule has 0 bridgehead atoms. The van der Waals surface area contributed by atoms with Gasteiger partial charge in [0.05, 0.1) is 8.07 Å². The summed E-state index contributed by atoms with van der Waals surface area (Å²) in [5, 5.41) is 0. The van der Waals surface area contributed by atoms with Gasteiger partial charge in [-0.15, -0.1) is 0 Å². The molecule has 72 valence electrons. The molecule has 0 N–H and O–H groups in total. The highest BCUT2D eigenvalue weighted by molar-refractivity contribution is 6.76. The first kappa shape index (κ1) is 10.2. The largest absolute Gasteiger partial charge is 0.353 e. The topological polar surface area (TPSA) is 18.5 Å². The summed E-state index contributed by atoms with van der Waals surface area (Å²) in [5.41, 5.74) is 0. The van der Waals surface area contributed by atoms with E-state index in [-0.39, 0.29) is 5.79 Å². The van der Waals surface area contributed by atoms with Crippen LogP contribution in [0, 0.1) is 0 Å². The van der Waals surface area contributed by atoms with Crippen LogP contribution in [0.5, 0.6) is 0 Å². The summed E-state index contributed by atoms with van der Waals surface area (Å²) in [7, 11) is -1.06. The van der Waals surface area contributed by atoms with Gasteiger partial charge in [-0.25, -0.2) is 0 Å². The fourth-order valence-electron chi connectivity index (χ4n) is 1.04. The minimum Gasteiger partial charge on any atom is -0.353 e. The first-order valence-electron chi connectivity index (χ1n) is 4.75. The predicted octanol–water partition coefficient (Wildman–Crippen LogP) is 2.41. The summed E-state index contributed by atoms with van der Waals surface area (Å²) >= 11 is 0. The Morgan fingerprint density at radius 3 is 2.08 bits per heavy atom. The van der Waals surface area contributed by atoms with Gasteiger partial charge in [-0.3, -0.25) is 0 Å². The van der Waals surface area contributed by atoms with Crippen LogP contribution < -0.4 is 0 Å². The molecule has 0 spiro atoms. The second kappa shape index (κ2) is 3.48. The summed E-state index contributed by atoms with van der Waals surface area (Å²) in [6.45, 7) is 9.74. The lowest BCUT2D eigenvalue weighted by Gasteiger charge is -2.22. The van der Waals surface area contributed by atoms with Gasteiger partial charge in [0.2, 0.25) is 0 Å². The van der Waals surface area contributed by atoms with Gasteiger partial charge < -0.3 is 9.47 Å². The Bertz CT molecular complexity index is 147. The Morgan fingerprint density at radius 1 is 1.17 bits per heavy atom. The van der Waals surface area contributed by atoms with Crippen molar-refractivity contribution in [1.82, 2.24) is 0 Å². The lowest BCUT2D eigenvalue weighted by molar-refractivity contribution is -0.152. The van der Waals surface area contributed by atoms with E-state index in [1.807, 2.05) is 6.92 Å². The molecule has 2 nitrogen and oxygen atoms in total. The summed E-state index contributed by atoms with van der Waals surface area (Å²) in [4.78, 5) is 0. The van der Waals surface area contributed by atoms with E-state index in [9.17, 15) is 0 Å². The zero-order chi connectivity index (χ0) is 9.24. The molecule has 0 atom stereocenters. The lowest BCUT2D eigenvalue weighted by atomic mass is 10.7. The van der Waals surface area contributed by atoms with Crippen molar-refractivity contribution in [3.05, 3.63) is 0 Å². The average Bonchev–Trinajstić information content (AvgIpc) is 2.65. The van der Waals surface area contributed by atoms with Crippen molar-refractivity contribution in [3.63, 3.8) is 0 Å². The number of ether oxygens (including phenoxy) is 2. The van der Waals surface area contributed by atoms with E-state index in [1.165, 1.54) is 0 Å². The molecule has 12 heavy (non-hydrogen) atoms. The number of hydrogen-bond donors (Lipinski definition) is 0. The van der Waals surface area contributed by atoms with Gasteiger partial charge in [-0.2, -0.15) is 0 Å². The molecule has 1 rings (SSSR count). The van der Waals surface area contributed by atoms with Crippen LogP contribution in [0.1, 0.15) is 19.8 Å². The van der Waals surface area contributed by atoms with Crippen molar-refractivity contribution in [2.45, 2.75) is 45.2 Å². The minimum atomic E-state index is -1.06. The van der Waals surface area contributed by atoms with E-state index in [4.69, 9.17) is 9.47 Å². The zero-order valence-electron chi connectivity index (χ0n) is 8.64. The van der Waals surface area contributed by atoms with Crippen LogP contribution in [-0.2, 0) is 9.47 Å². The van der Waals surface area contributed by atoms with Crippen molar-refractivity contribution in [2.75, 3.05) is 12.8 Å². The second-order valence-electron chi connectivity index (χ2n) is 4.69. The van der Waals surface area contributed by atoms with Crippen LogP contribution in [0.4, 0.5) is 0 Å². The standard InChI is InChI=1S/C9H20O2Si/c1-5-10-9(6-7-9)11-8-12(2,3)4/h5-8H2,1-4H3. The maximum Gasteiger partial charge on any atom is 0.168 e. The molecular weight excluding hydrogens is 168 g/mol. The van der Waals surface area contributed by atoms with Crippen molar-refractivity contribution in [2.24, 2.45) is 0 Å². The molecular formula is C9H20O2Si. The van der Waals surface area contributed by atoms with Gasteiger partial charge >= 0.3 is 0 Å². The van der Waals surface area contributed by atoms with Crippen molar-refractivity contribution < 1.29 is 9.47 Å². The van der Waals surface area contributed by atoms with Crippen LogP contribution in [0.25, 0.3) is 0 Å². The fraction of sp³-hybridized carbons (Fsp3) is 1.00. The van der Waals surface area contributed by atoms with Crippen molar-refractivity contribution in [3.8, 4) is 0 Å². The quantitative estimate of drug-likeness (QED) is 0.487. The predicted molar refractivity (Wildman–Crippen MR) is 52.9 cm³/mol. The Hall–Kier alpha value is 0.137. The fourth-order valence-corrected chi connectivity index (χ4v) is 1.74. The third-order valence-electron chi connectivity index (χ3n) is 1.83. The molecule has 1 saturated carbocycles. The van der Waals surface area contributed by atoms with Gasteiger partial charge in [0.1, 0.15) is 0 Å². The van der Waals surface area contributed by atoms with Crippen LogP contribution >= 0.6 is 0 Å². The lowest BCUT2D eigenvalue weighted by Crippen LogP contribution is -2.33. The van der Waals surface area contributed by atoms with E-state index in [2.05, 4.69) is 19.6 Å². The van der Waals surface area contributed by atoms with Crippen LogP contribution in [-0.4, -0.2) is 26.7 Å². The summed E-state index contributed by atoms with van der Waals surface area (Å²) in [5.74, 6) is -0.158. The maximum atomic E-state index is 5.78. The first-order valence-corrected chi connectivity index (χ1v) is 8.46. The highest BCUT2D eigenvalue weighted by Gasteiger charge is 2.45. The molecule has 0 saturated heterocycles. The van der Waals surface area contributed by atoms with Crippen molar-refractivity contribution in [1.29, 1.82) is 0 Å². The molecule has 0 radical (unpaired) electrons. The Labute approximate surface area is 76.3 Å². The molecule has 1 fully saturated rings. The Morgan fingerprint density at radius 2 is 1.75 bits per heavy atom. The molecule has 0 aromatic carbocycles. The summed E-state index contributed by atoms with van der Waals surface area (Å²) in [6, 6.07) is 0. The molecule has 1 aliphatic carbocycles. The molecule has 1 aliphatic rings. The van der Waals surface area contributed by atoms with Gasteiger partial charge in [0.25, 0.3) is 0 Å². The average molecular weight is 188 g/mol. The molecule has 0 heterocycles. The molecule has 0 amide bonds. The third kappa shape index (κ3) is 3.25. The van der Waals surface area contributed by atoms with E-state index in [0.29, 0.717) is 0 Å². The highest BCUT2D eigenvalue weighted by Crippen LogP contribution is 2.40. The summed E-state index contributed by atoms with van der Waals surface area (Å²) in [6.07, 6.45) is 3.10. The van der Waals surface area contributed by atoms with Crippen LogP contribution in [0.3, 0.4) is 0 Å². The zero-order valence-corrected chi connectivity index (χ0v) is 9.64. The maximum absolute atomic E-state index is 5.78. The molecule has 0 aromatic rings. The molecule has 3 heteroatoms. The number of rotatable bonds is 5. The second-order valence-corrected chi connectivity index (χ2v) is 10.1. The number of hydrogen-bond acceptors (Lipinski definition) is 2. The van der Waals surface area contributed by atoms with E-state index in [0.717, 1.165) is 25.7 Å². The SMILES string of the molecule is CCOC1(OC[Si](C)(C)C)CC1. The van der Waals surface area contributed by atoms with Crippen LogP contribution in [0.15, 0.2) is 0 Å². The Balaban J connectivity index is 2.22. The third-order valence-corrected chi connectivity index (χ3v) is 2.84. The smallest absolute Gasteiger partial charge is 0.168 e. The van der Waals surface area contributed by atoms with Gasteiger partial charge in [-0.05, 0) is 6.92 Å².